The molecule has 0 saturated carbocycles. The van der Waals surface area contributed by atoms with Crippen LogP contribution < -0.4 is 5.73 Å². The number of ether oxygens (including phenoxy) is 1. The Bertz CT molecular complexity index is 1060. The molecule has 0 aliphatic rings. The Labute approximate surface area is 198 Å². The van der Waals surface area contributed by atoms with Crippen LogP contribution in [0.15, 0.2) is 53.4 Å². The van der Waals surface area contributed by atoms with Gasteiger partial charge in [-0.15, -0.1) is 0 Å². The maximum Gasteiger partial charge on any atom is 0.391 e. The second-order valence-corrected chi connectivity index (χ2v) is 11.1. The molecule has 0 aliphatic heterocycles. The van der Waals surface area contributed by atoms with Crippen LogP contribution in [0.1, 0.15) is 43.9 Å². The van der Waals surface area contributed by atoms with Crippen molar-refractivity contribution in [1.29, 1.82) is 0 Å². The van der Waals surface area contributed by atoms with Crippen LogP contribution >= 0.6 is 0 Å². The molecular formula is C24H31F3N2O4S. The molecule has 0 saturated heterocycles. The lowest BCUT2D eigenvalue weighted by molar-refractivity contribution is -0.146. The first-order chi connectivity index (χ1) is 15.6. The summed E-state index contributed by atoms with van der Waals surface area (Å²) in [5.41, 5.74) is 7.37. The molecule has 34 heavy (non-hydrogen) atoms. The van der Waals surface area contributed by atoms with Gasteiger partial charge in [-0.25, -0.2) is 8.42 Å². The van der Waals surface area contributed by atoms with Crippen LogP contribution in [0, 0.1) is 6.92 Å². The van der Waals surface area contributed by atoms with E-state index in [2.05, 4.69) is 0 Å². The quantitative estimate of drug-likeness (QED) is 0.524. The number of aryl methyl sites for hydroxylation is 1. The lowest BCUT2D eigenvalue weighted by Crippen LogP contribution is -2.44. The van der Waals surface area contributed by atoms with Gasteiger partial charge in [-0.3, -0.25) is 4.79 Å². The summed E-state index contributed by atoms with van der Waals surface area (Å²) in [5.74, 6) is -1.01. The first kappa shape index (κ1) is 28.0. The van der Waals surface area contributed by atoms with Gasteiger partial charge in [-0.1, -0.05) is 42.0 Å². The molecule has 0 fully saturated rings. The average molecular weight is 501 g/mol. The van der Waals surface area contributed by atoms with Gasteiger partial charge in [-0.05, 0) is 51.0 Å². The molecule has 0 heterocycles. The van der Waals surface area contributed by atoms with Crippen LogP contribution in [0.2, 0.25) is 0 Å². The Hall–Kier alpha value is -2.27. The normalized spacial score (nSPS) is 13.8. The summed E-state index contributed by atoms with van der Waals surface area (Å²) in [7, 11) is -4.18. The highest BCUT2D eigenvalue weighted by molar-refractivity contribution is 7.89. The van der Waals surface area contributed by atoms with E-state index in [0.717, 1.165) is 15.4 Å². The molecule has 0 spiro atoms. The molecule has 0 amide bonds. The molecule has 1 atom stereocenters. The van der Waals surface area contributed by atoms with E-state index >= 15 is 0 Å². The molecule has 2 rings (SSSR count). The molecule has 2 N–H and O–H groups in total. The summed E-state index contributed by atoms with van der Waals surface area (Å²) in [5, 5.41) is 0. The minimum atomic E-state index is -4.64. The molecule has 0 aromatic heterocycles. The zero-order chi connectivity index (χ0) is 25.7. The Morgan fingerprint density at radius 1 is 1.00 bits per heavy atom. The molecule has 10 heteroatoms. The van der Waals surface area contributed by atoms with Crippen LogP contribution in [0.4, 0.5) is 13.2 Å². The van der Waals surface area contributed by atoms with Gasteiger partial charge in [0, 0.05) is 6.54 Å². The highest BCUT2D eigenvalue weighted by atomic mass is 32.2. The van der Waals surface area contributed by atoms with Crippen molar-refractivity contribution in [2.45, 2.75) is 70.0 Å². The maximum absolute atomic E-state index is 13.3. The summed E-state index contributed by atoms with van der Waals surface area (Å²) < 4.78 is 71.2. The fourth-order valence-electron chi connectivity index (χ4n) is 2.98. The Morgan fingerprint density at radius 3 is 2.03 bits per heavy atom. The van der Waals surface area contributed by atoms with Gasteiger partial charge in [0.25, 0.3) is 0 Å². The molecule has 6 nitrogen and oxygen atoms in total. The lowest BCUT2D eigenvalue weighted by atomic mass is 10.1. The number of nitrogens with two attached hydrogens (primary N) is 1. The fourth-order valence-corrected chi connectivity index (χ4v) is 4.38. The summed E-state index contributed by atoms with van der Waals surface area (Å²) in [4.78, 5) is 12.4. The van der Waals surface area contributed by atoms with Gasteiger partial charge in [-0.2, -0.15) is 17.5 Å². The van der Waals surface area contributed by atoms with E-state index in [9.17, 15) is 26.4 Å². The van der Waals surface area contributed by atoms with Crippen LogP contribution in [-0.4, -0.2) is 42.9 Å². The van der Waals surface area contributed by atoms with E-state index in [0.29, 0.717) is 12.2 Å². The van der Waals surface area contributed by atoms with Crippen molar-refractivity contribution >= 4 is 15.8 Å². The van der Waals surface area contributed by atoms with Gasteiger partial charge in [0.2, 0.25) is 10.0 Å². The van der Waals surface area contributed by atoms with E-state index in [1.54, 1.807) is 43.3 Å². The molecule has 0 bridgehead atoms. The summed E-state index contributed by atoms with van der Waals surface area (Å²) >= 11 is 0. The van der Waals surface area contributed by atoms with E-state index in [1.807, 2.05) is 20.8 Å². The van der Waals surface area contributed by atoms with Gasteiger partial charge >= 0.3 is 6.18 Å². The summed E-state index contributed by atoms with van der Waals surface area (Å²) in [6.45, 7) is 6.95. The number of sulfonamides is 1. The van der Waals surface area contributed by atoms with Crippen LogP contribution in [0.5, 0.6) is 0 Å². The van der Waals surface area contributed by atoms with Gasteiger partial charge in [0.1, 0.15) is 0 Å². The zero-order valence-electron chi connectivity index (χ0n) is 19.7. The van der Waals surface area contributed by atoms with Crippen LogP contribution in [0.25, 0.3) is 0 Å². The van der Waals surface area contributed by atoms with Gasteiger partial charge in [0.15, 0.2) is 5.78 Å². The minimum Gasteiger partial charge on any atom is -0.371 e. The predicted molar refractivity (Wildman–Crippen MR) is 123 cm³/mol. The fraction of sp³-hybridized carbons (Fsp3) is 0.458. The SMILES string of the molecule is Cc1ccc(S(=O)(=O)N(CC(=O)[C@@H](N)CC(F)(F)F)Cc2ccc(COC(C)(C)C)cc2)cc1. The van der Waals surface area contributed by atoms with Crippen molar-refractivity contribution < 1.29 is 31.1 Å². The minimum absolute atomic E-state index is 0.0644. The number of halogens is 3. The van der Waals surface area contributed by atoms with Crippen molar-refractivity contribution in [3.63, 3.8) is 0 Å². The number of nitrogens with zero attached hydrogens (tertiary/aromatic N) is 1. The number of carbonyl (C=O) groups is 1. The zero-order valence-corrected chi connectivity index (χ0v) is 20.5. The number of ketones is 1. The molecular weight excluding hydrogens is 469 g/mol. The third kappa shape index (κ3) is 8.83. The van der Waals surface area contributed by atoms with Crippen LogP contribution in [0.3, 0.4) is 0 Å². The number of Topliss-reactive ketones (excluding diaryl/α,β-unsaturated/α-hetero) is 1. The number of hydrogen-bond acceptors (Lipinski definition) is 5. The number of rotatable bonds is 10. The summed E-state index contributed by atoms with van der Waals surface area (Å²) in [6, 6.07) is 11.1. The van der Waals surface area contributed by atoms with Crippen molar-refractivity contribution in [2.75, 3.05) is 6.54 Å². The third-order valence-corrected chi connectivity index (χ3v) is 6.72. The van der Waals surface area contributed by atoms with Crippen molar-refractivity contribution in [2.24, 2.45) is 5.73 Å². The van der Waals surface area contributed by atoms with Crippen molar-refractivity contribution in [3.8, 4) is 0 Å². The Kier molecular flexibility index (Phi) is 9.04. The first-order valence-corrected chi connectivity index (χ1v) is 12.1. The number of benzene rings is 2. The van der Waals surface area contributed by atoms with Gasteiger partial charge in [0.05, 0.1) is 36.1 Å². The highest BCUT2D eigenvalue weighted by Gasteiger charge is 2.35. The second-order valence-electron chi connectivity index (χ2n) is 9.20. The largest absolute Gasteiger partial charge is 0.391 e. The maximum atomic E-state index is 13.3. The Morgan fingerprint density at radius 2 is 1.53 bits per heavy atom. The van der Waals surface area contributed by atoms with E-state index in [4.69, 9.17) is 10.5 Å². The standard InChI is InChI=1S/C24H31F3N2O4S/c1-17-5-11-20(12-6-17)34(31,32)29(15-22(30)21(28)13-24(25,26)27)14-18-7-9-19(10-8-18)16-33-23(2,3)4/h5-12,21H,13-16,28H2,1-4H3/t21-/m0/s1. The molecule has 188 valence electrons. The molecule has 0 aliphatic carbocycles. The predicted octanol–water partition coefficient (Wildman–Crippen LogP) is 4.35. The van der Waals surface area contributed by atoms with Crippen LogP contribution in [-0.2, 0) is 32.7 Å². The van der Waals surface area contributed by atoms with E-state index in [-0.39, 0.29) is 17.0 Å². The third-order valence-electron chi connectivity index (χ3n) is 4.91. The van der Waals surface area contributed by atoms with E-state index in [1.165, 1.54) is 12.1 Å². The highest BCUT2D eigenvalue weighted by Crippen LogP contribution is 2.23. The first-order valence-electron chi connectivity index (χ1n) is 10.7. The Balaban J connectivity index is 2.28. The average Bonchev–Trinajstić information content (AvgIpc) is 2.71. The topological polar surface area (TPSA) is 89.7 Å². The summed E-state index contributed by atoms with van der Waals surface area (Å²) in [6.07, 6.45) is -6.16. The number of hydrogen-bond donors (Lipinski definition) is 1. The second kappa shape index (κ2) is 11.0. The monoisotopic (exact) mass is 500 g/mol. The molecule has 2 aromatic rings. The van der Waals surface area contributed by atoms with E-state index < -0.39 is 41.0 Å². The number of carbonyl (C=O) groups excluding carboxylic acids is 1. The van der Waals surface area contributed by atoms with Crippen molar-refractivity contribution in [1.82, 2.24) is 4.31 Å². The molecule has 0 radical (unpaired) electrons. The molecule has 0 unspecified atom stereocenters. The lowest BCUT2D eigenvalue weighted by Gasteiger charge is -2.24. The van der Waals surface area contributed by atoms with Gasteiger partial charge < -0.3 is 10.5 Å². The van der Waals surface area contributed by atoms with Crippen molar-refractivity contribution in [3.05, 3.63) is 65.2 Å². The smallest absolute Gasteiger partial charge is 0.371 e. The number of alkyl halides is 3. The molecule has 2 aromatic carbocycles.